The molecule has 0 aliphatic carbocycles. The van der Waals surface area contributed by atoms with Gasteiger partial charge >= 0.3 is 5.97 Å². The van der Waals surface area contributed by atoms with Gasteiger partial charge in [-0.25, -0.2) is 22.8 Å². The average molecular weight is 543 g/mol. The lowest BCUT2D eigenvalue weighted by Crippen LogP contribution is -2.48. The molecule has 2 aromatic carbocycles. The monoisotopic (exact) mass is 542 g/mol. The van der Waals surface area contributed by atoms with Crippen LogP contribution in [-0.4, -0.2) is 67.1 Å². The zero-order chi connectivity index (χ0) is 27.1. The number of piperidine rings is 1. The summed E-state index contributed by atoms with van der Waals surface area (Å²) in [6.45, 7) is 0.724. The van der Waals surface area contributed by atoms with Crippen LogP contribution in [0.4, 0.5) is 16.0 Å². The van der Waals surface area contributed by atoms with Crippen molar-refractivity contribution in [3.8, 4) is 0 Å². The maximum Gasteiger partial charge on any atom is 0.323 e. The van der Waals surface area contributed by atoms with Crippen LogP contribution in [0.15, 0.2) is 71.9 Å². The van der Waals surface area contributed by atoms with Crippen molar-refractivity contribution in [3.05, 3.63) is 78.4 Å². The predicted molar refractivity (Wildman–Crippen MR) is 138 cm³/mol. The molecule has 0 spiro atoms. The summed E-state index contributed by atoms with van der Waals surface area (Å²) in [5.41, 5.74) is 0.376. The van der Waals surface area contributed by atoms with Crippen molar-refractivity contribution in [3.63, 3.8) is 0 Å². The summed E-state index contributed by atoms with van der Waals surface area (Å²) in [7, 11) is -4.15. The van der Waals surface area contributed by atoms with Gasteiger partial charge in [-0.1, -0.05) is 18.2 Å². The summed E-state index contributed by atoms with van der Waals surface area (Å²) in [5.74, 6) is -2.57. The van der Waals surface area contributed by atoms with Crippen molar-refractivity contribution in [2.75, 3.05) is 29.9 Å². The number of carboxylic acids is 1. The Bertz CT molecular complexity index is 1370. The van der Waals surface area contributed by atoms with Gasteiger partial charge in [0.25, 0.3) is 5.91 Å². The maximum absolute atomic E-state index is 14.5. The topological polar surface area (TPSA) is 154 Å². The van der Waals surface area contributed by atoms with Crippen LogP contribution in [0.25, 0.3) is 0 Å². The second-order valence-electron chi connectivity index (χ2n) is 8.68. The van der Waals surface area contributed by atoms with Crippen molar-refractivity contribution >= 4 is 33.5 Å². The molecule has 1 aliphatic rings. The van der Waals surface area contributed by atoms with E-state index in [-0.39, 0.29) is 16.5 Å². The Morgan fingerprint density at radius 2 is 1.74 bits per heavy atom. The molecule has 11 nitrogen and oxygen atoms in total. The van der Waals surface area contributed by atoms with Crippen LogP contribution in [-0.2, 0) is 14.8 Å². The highest BCUT2D eigenvalue weighted by molar-refractivity contribution is 7.89. The van der Waals surface area contributed by atoms with Gasteiger partial charge in [-0.05, 0) is 49.2 Å². The second kappa shape index (κ2) is 12.0. The summed E-state index contributed by atoms with van der Waals surface area (Å²) in [6.07, 6.45) is 4.87. The minimum absolute atomic E-state index is 0.119. The highest BCUT2D eigenvalue weighted by Gasteiger charge is 2.27. The van der Waals surface area contributed by atoms with Gasteiger partial charge in [0.15, 0.2) is 0 Å². The van der Waals surface area contributed by atoms with E-state index in [0.717, 1.165) is 12.8 Å². The van der Waals surface area contributed by atoms with E-state index in [1.807, 2.05) is 4.90 Å². The molecule has 4 N–H and O–H groups in total. The first-order valence-electron chi connectivity index (χ1n) is 11.9. The maximum atomic E-state index is 14.5. The van der Waals surface area contributed by atoms with Gasteiger partial charge in [0, 0.05) is 43.8 Å². The molecular formula is C25H27FN6O5S. The van der Waals surface area contributed by atoms with E-state index >= 15 is 0 Å². The summed E-state index contributed by atoms with van der Waals surface area (Å²) in [5, 5.41) is 15.1. The van der Waals surface area contributed by atoms with Crippen LogP contribution in [0.5, 0.6) is 0 Å². The third-order valence-corrected chi connectivity index (χ3v) is 7.56. The van der Waals surface area contributed by atoms with Gasteiger partial charge in [-0.2, -0.15) is 4.72 Å². The van der Waals surface area contributed by atoms with Crippen LogP contribution in [0.1, 0.15) is 23.2 Å². The van der Waals surface area contributed by atoms with E-state index in [1.165, 1.54) is 36.4 Å². The number of halogens is 1. The first kappa shape index (κ1) is 26.9. The second-order valence-corrected chi connectivity index (χ2v) is 10.4. The Hall–Kier alpha value is -4.10. The number of amides is 1. The normalized spacial score (nSPS) is 15.0. The highest BCUT2D eigenvalue weighted by Crippen LogP contribution is 2.24. The lowest BCUT2D eigenvalue weighted by atomic mass is 10.0. The zero-order valence-electron chi connectivity index (χ0n) is 20.2. The molecule has 1 saturated heterocycles. The van der Waals surface area contributed by atoms with Crippen LogP contribution >= 0.6 is 0 Å². The van der Waals surface area contributed by atoms with Gasteiger partial charge in [-0.15, -0.1) is 0 Å². The molecule has 0 radical (unpaired) electrons. The molecule has 2 heterocycles. The Morgan fingerprint density at radius 3 is 2.39 bits per heavy atom. The standard InChI is InChI=1S/C25H27FN6O5S/c26-21-8-7-18(32-13-9-17(10-14-32)30-25-27-11-4-12-28-25)15-20(21)23(33)29-16-22(24(34)35)31-38(36,37)19-5-2-1-3-6-19/h1-8,11-12,15,17,22,31H,9-10,13-14,16H2,(H,29,33)(H,34,35)(H,27,28,30). The third kappa shape index (κ3) is 6.81. The molecule has 1 aliphatic heterocycles. The number of nitrogens with one attached hydrogen (secondary N) is 3. The smallest absolute Gasteiger partial charge is 0.323 e. The fraction of sp³-hybridized carbons (Fsp3) is 0.280. The van der Waals surface area contributed by atoms with Crippen LogP contribution in [0.2, 0.25) is 0 Å². The van der Waals surface area contributed by atoms with E-state index in [9.17, 15) is 27.5 Å². The first-order chi connectivity index (χ1) is 18.2. The number of sulfonamides is 1. The molecule has 3 aromatic rings. The van der Waals surface area contributed by atoms with Gasteiger partial charge in [-0.3, -0.25) is 9.59 Å². The fourth-order valence-electron chi connectivity index (χ4n) is 4.05. The Kier molecular flexibility index (Phi) is 8.48. The quantitative estimate of drug-likeness (QED) is 0.301. The molecule has 0 saturated carbocycles. The molecule has 1 aromatic heterocycles. The van der Waals surface area contributed by atoms with E-state index in [2.05, 4.69) is 25.3 Å². The predicted octanol–water partition coefficient (Wildman–Crippen LogP) is 1.86. The van der Waals surface area contributed by atoms with Gasteiger partial charge in [0.1, 0.15) is 11.9 Å². The zero-order valence-corrected chi connectivity index (χ0v) is 21.1. The van der Waals surface area contributed by atoms with Crippen molar-refractivity contribution in [1.82, 2.24) is 20.0 Å². The number of hydrogen-bond acceptors (Lipinski definition) is 8. The van der Waals surface area contributed by atoms with Crippen LogP contribution in [0.3, 0.4) is 0 Å². The number of hydrogen-bond donors (Lipinski definition) is 4. The van der Waals surface area contributed by atoms with Crippen molar-refractivity contribution in [2.45, 2.75) is 29.8 Å². The van der Waals surface area contributed by atoms with Crippen molar-refractivity contribution < 1.29 is 27.5 Å². The van der Waals surface area contributed by atoms with E-state index < -0.39 is 40.3 Å². The van der Waals surface area contributed by atoms with Gasteiger partial charge < -0.3 is 20.6 Å². The molecule has 38 heavy (non-hydrogen) atoms. The lowest BCUT2D eigenvalue weighted by molar-refractivity contribution is -0.138. The Morgan fingerprint density at radius 1 is 1.05 bits per heavy atom. The molecule has 1 fully saturated rings. The fourth-order valence-corrected chi connectivity index (χ4v) is 5.26. The molecule has 13 heteroatoms. The van der Waals surface area contributed by atoms with E-state index in [4.69, 9.17) is 0 Å². The molecule has 1 atom stereocenters. The number of nitrogens with zero attached hydrogens (tertiary/aromatic N) is 3. The average Bonchev–Trinajstić information content (AvgIpc) is 2.92. The number of carbonyl (C=O) groups excluding carboxylic acids is 1. The van der Waals surface area contributed by atoms with E-state index in [1.54, 1.807) is 30.6 Å². The Labute approximate surface area is 219 Å². The summed E-state index contributed by atoms with van der Waals surface area (Å²) in [6, 6.07) is 11.7. The number of aliphatic carboxylic acids is 1. The van der Waals surface area contributed by atoms with Gasteiger partial charge in [0.2, 0.25) is 16.0 Å². The summed E-state index contributed by atoms with van der Waals surface area (Å²) >= 11 is 0. The minimum atomic E-state index is -4.15. The van der Waals surface area contributed by atoms with Crippen LogP contribution < -0.4 is 20.3 Å². The van der Waals surface area contributed by atoms with Crippen molar-refractivity contribution in [1.29, 1.82) is 0 Å². The SMILES string of the molecule is O=C(NCC(NS(=O)(=O)c1ccccc1)C(=O)O)c1cc(N2CCC(Nc3ncccn3)CC2)ccc1F. The lowest BCUT2D eigenvalue weighted by Gasteiger charge is -2.34. The molecule has 1 amide bonds. The van der Waals surface area contributed by atoms with E-state index in [0.29, 0.717) is 24.7 Å². The number of rotatable bonds is 10. The minimum Gasteiger partial charge on any atom is -0.480 e. The number of carboxylic acid groups (broad SMARTS) is 1. The first-order valence-corrected chi connectivity index (χ1v) is 13.4. The van der Waals surface area contributed by atoms with Crippen LogP contribution in [0, 0.1) is 5.82 Å². The summed E-state index contributed by atoms with van der Waals surface area (Å²) in [4.78, 5) is 34.7. The number of carbonyl (C=O) groups is 2. The Balaban J connectivity index is 1.37. The summed E-state index contributed by atoms with van der Waals surface area (Å²) < 4.78 is 41.6. The van der Waals surface area contributed by atoms with Gasteiger partial charge in [0.05, 0.1) is 10.5 Å². The molecule has 1 unspecified atom stereocenters. The number of aromatic nitrogens is 2. The number of anilines is 2. The molecule has 200 valence electrons. The third-order valence-electron chi connectivity index (χ3n) is 6.07. The molecule has 0 bridgehead atoms. The molecule has 4 rings (SSSR count). The highest BCUT2D eigenvalue weighted by atomic mass is 32.2. The largest absolute Gasteiger partial charge is 0.480 e. The van der Waals surface area contributed by atoms with Crippen molar-refractivity contribution in [2.24, 2.45) is 0 Å². The molecular weight excluding hydrogens is 515 g/mol. The number of benzene rings is 2.